The first-order valence-corrected chi connectivity index (χ1v) is 9.38. The molecule has 1 aliphatic carbocycles. The predicted octanol–water partition coefficient (Wildman–Crippen LogP) is 3.82. The standard InChI is InChI=1S/C20H20BrNO4/c1-26-20(25)15-8-6-13(7-9-15)10-14(11-21)12-22-18(23)16-4-2-3-5-17(16)19(22)24/h2-3,6-10,23-24H,4-5,11-12H2,1H3. The summed E-state index contributed by atoms with van der Waals surface area (Å²) in [6, 6.07) is 7.08. The van der Waals surface area contributed by atoms with E-state index in [1.165, 1.54) is 11.7 Å². The van der Waals surface area contributed by atoms with Gasteiger partial charge in [-0.3, -0.25) is 4.57 Å². The lowest BCUT2D eigenvalue weighted by Gasteiger charge is -2.10. The molecule has 5 nitrogen and oxygen atoms in total. The number of ether oxygens (including phenoxy) is 1. The molecule has 0 saturated carbocycles. The summed E-state index contributed by atoms with van der Waals surface area (Å²) < 4.78 is 6.23. The van der Waals surface area contributed by atoms with E-state index in [1.807, 2.05) is 30.4 Å². The number of rotatable bonds is 5. The average molecular weight is 418 g/mol. The zero-order valence-corrected chi connectivity index (χ0v) is 16.0. The van der Waals surface area contributed by atoms with Crippen LogP contribution >= 0.6 is 15.9 Å². The van der Waals surface area contributed by atoms with Crippen LogP contribution in [-0.2, 0) is 24.1 Å². The van der Waals surface area contributed by atoms with Gasteiger partial charge in [0, 0.05) is 16.5 Å². The second kappa shape index (κ2) is 7.83. The van der Waals surface area contributed by atoms with E-state index in [0.29, 0.717) is 30.3 Å². The van der Waals surface area contributed by atoms with E-state index < -0.39 is 0 Å². The van der Waals surface area contributed by atoms with Gasteiger partial charge in [-0.2, -0.15) is 0 Å². The number of carbonyl (C=O) groups is 1. The van der Waals surface area contributed by atoms with Crippen molar-refractivity contribution in [3.8, 4) is 11.8 Å². The van der Waals surface area contributed by atoms with Gasteiger partial charge in [0.2, 0.25) is 0 Å². The Balaban J connectivity index is 1.85. The Morgan fingerprint density at radius 3 is 2.23 bits per heavy atom. The maximum atomic E-state index is 11.5. The van der Waals surface area contributed by atoms with Crippen LogP contribution in [0.1, 0.15) is 27.0 Å². The molecule has 6 heteroatoms. The molecule has 0 unspecified atom stereocenters. The third kappa shape index (κ3) is 3.55. The Hall–Kier alpha value is -2.47. The van der Waals surface area contributed by atoms with Gasteiger partial charge >= 0.3 is 5.97 Å². The molecule has 2 aromatic rings. The van der Waals surface area contributed by atoms with Crippen LogP contribution in [0.25, 0.3) is 6.08 Å². The fourth-order valence-corrected chi connectivity index (χ4v) is 3.41. The van der Waals surface area contributed by atoms with Crippen molar-refractivity contribution in [3.05, 3.63) is 64.2 Å². The Morgan fingerprint density at radius 2 is 1.73 bits per heavy atom. The number of halogens is 1. The number of alkyl halides is 1. The highest BCUT2D eigenvalue weighted by molar-refractivity contribution is 9.09. The summed E-state index contributed by atoms with van der Waals surface area (Å²) in [6.07, 6.45) is 7.21. The molecule has 0 aliphatic heterocycles. The van der Waals surface area contributed by atoms with Gasteiger partial charge in [-0.25, -0.2) is 4.79 Å². The molecule has 1 aliphatic rings. The summed E-state index contributed by atoms with van der Waals surface area (Å²) >= 11 is 3.47. The lowest BCUT2D eigenvalue weighted by atomic mass is 10.0. The molecule has 0 atom stereocenters. The SMILES string of the molecule is COC(=O)c1ccc(C=C(CBr)Cn2c(O)c3c(c2O)CC=CC3)cc1. The molecule has 0 spiro atoms. The van der Waals surface area contributed by atoms with E-state index in [1.54, 1.807) is 12.1 Å². The number of aromatic nitrogens is 1. The van der Waals surface area contributed by atoms with Crippen molar-refractivity contribution in [3.63, 3.8) is 0 Å². The molecular formula is C20H20BrNO4. The first-order valence-electron chi connectivity index (χ1n) is 8.26. The number of allylic oxidation sites excluding steroid dienone is 3. The summed E-state index contributed by atoms with van der Waals surface area (Å²) in [7, 11) is 1.35. The van der Waals surface area contributed by atoms with Crippen molar-refractivity contribution in [1.29, 1.82) is 0 Å². The highest BCUT2D eigenvalue weighted by Gasteiger charge is 2.22. The van der Waals surface area contributed by atoms with Crippen LogP contribution in [0.15, 0.2) is 42.0 Å². The van der Waals surface area contributed by atoms with Crippen LogP contribution in [0.5, 0.6) is 11.8 Å². The Kier molecular flexibility index (Phi) is 5.52. The summed E-state index contributed by atoms with van der Waals surface area (Å²) in [4.78, 5) is 11.5. The van der Waals surface area contributed by atoms with Crippen molar-refractivity contribution >= 4 is 28.0 Å². The highest BCUT2D eigenvalue weighted by Crippen LogP contribution is 2.37. The molecule has 26 heavy (non-hydrogen) atoms. The quantitative estimate of drug-likeness (QED) is 0.440. The number of esters is 1. The molecule has 1 aromatic heterocycles. The minimum Gasteiger partial charge on any atom is -0.494 e. The molecule has 136 valence electrons. The summed E-state index contributed by atoms with van der Waals surface area (Å²) in [5.74, 6) is -0.132. The normalized spacial score (nSPS) is 13.5. The fourth-order valence-electron chi connectivity index (χ4n) is 3.08. The minimum absolute atomic E-state index is 0.120. The second-order valence-electron chi connectivity index (χ2n) is 6.12. The van der Waals surface area contributed by atoms with E-state index in [2.05, 4.69) is 15.9 Å². The lowest BCUT2D eigenvalue weighted by molar-refractivity contribution is 0.0600. The molecule has 1 heterocycles. The zero-order chi connectivity index (χ0) is 18.7. The van der Waals surface area contributed by atoms with Gasteiger partial charge in [-0.15, -0.1) is 0 Å². The van der Waals surface area contributed by atoms with Gasteiger partial charge in [0.05, 0.1) is 19.2 Å². The van der Waals surface area contributed by atoms with Crippen molar-refractivity contribution in [1.82, 2.24) is 4.57 Å². The van der Waals surface area contributed by atoms with Crippen LogP contribution in [0, 0.1) is 0 Å². The number of benzene rings is 1. The number of hydrogen-bond acceptors (Lipinski definition) is 4. The van der Waals surface area contributed by atoms with Crippen molar-refractivity contribution < 1.29 is 19.7 Å². The smallest absolute Gasteiger partial charge is 0.337 e. The monoisotopic (exact) mass is 417 g/mol. The molecular weight excluding hydrogens is 398 g/mol. The number of aromatic hydroxyl groups is 2. The van der Waals surface area contributed by atoms with Crippen molar-refractivity contribution in [2.75, 3.05) is 12.4 Å². The molecule has 0 radical (unpaired) electrons. The number of nitrogens with zero attached hydrogens (tertiary/aromatic N) is 1. The molecule has 0 bridgehead atoms. The van der Waals surface area contributed by atoms with Crippen molar-refractivity contribution in [2.45, 2.75) is 19.4 Å². The van der Waals surface area contributed by atoms with Crippen LogP contribution in [0.3, 0.4) is 0 Å². The largest absolute Gasteiger partial charge is 0.494 e. The minimum atomic E-state index is -0.373. The van der Waals surface area contributed by atoms with Crippen LogP contribution in [0.4, 0.5) is 0 Å². The van der Waals surface area contributed by atoms with Crippen LogP contribution in [0.2, 0.25) is 0 Å². The van der Waals surface area contributed by atoms with Gasteiger partial charge in [-0.05, 0) is 36.1 Å². The van der Waals surface area contributed by atoms with E-state index in [0.717, 1.165) is 22.3 Å². The lowest BCUT2D eigenvalue weighted by Crippen LogP contribution is -2.02. The number of carbonyl (C=O) groups excluding carboxylic acids is 1. The molecule has 3 rings (SSSR count). The van der Waals surface area contributed by atoms with E-state index in [4.69, 9.17) is 4.74 Å². The first-order chi connectivity index (χ1) is 12.5. The van der Waals surface area contributed by atoms with E-state index >= 15 is 0 Å². The molecule has 0 saturated heterocycles. The first kappa shape index (κ1) is 18.3. The van der Waals surface area contributed by atoms with Gasteiger partial charge in [0.15, 0.2) is 11.8 Å². The third-order valence-corrected chi connectivity index (χ3v) is 5.18. The third-order valence-electron chi connectivity index (χ3n) is 4.46. The Bertz CT molecular complexity index is 847. The van der Waals surface area contributed by atoms with Gasteiger partial charge in [-0.1, -0.05) is 46.3 Å². The summed E-state index contributed by atoms with van der Waals surface area (Å²) in [6.45, 7) is 0.370. The number of hydrogen-bond donors (Lipinski definition) is 2. The van der Waals surface area contributed by atoms with Gasteiger partial charge in [0.25, 0.3) is 0 Å². The second-order valence-corrected chi connectivity index (χ2v) is 6.68. The maximum absolute atomic E-state index is 11.5. The van der Waals surface area contributed by atoms with Crippen LogP contribution < -0.4 is 0 Å². The summed E-state index contributed by atoms with van der Waals surface area (Å²) in [5.41, 5.74) is 3.97. The topological polar surface area (TPSA) is 71.7 Å². The maximum Gasteiger partial charge on any atom is 0.337 e. The Labute approximate surface area is 160 Å². The fraction of sp³-hybridized carbons (Fsp3) is 0.250. The van der Waals surface area contributed by atoms with E-state index in [-0.39, 0.29) is 17.7 Å². The number of methoxy groups -OCH3 is 1. The van der Waals surface area contributed by atoms with E-state index in [9.17, 15) is 15.0 Å². The molecule has 0 amide bonds. The highest BCUT2D eigenvalue weighted by atomic mass is 79.9. The summed E-state index contributed by atoms with van der Waals surface area (Å²) in [5, 5.41) is 21.5. The molecule has 1 aromatic carbocycles. The van der Waals surface area contributed by atoms with Gasteiger partial charge in [0.1, 0.15) is 0 Å². The Morgan fingerprint density at radius 1 is 1.15 bits per heavy atom. The average Bonchev–Trinajstić information content (AvgIpc) is 2.92. The van der Waals surface area contributed by atoms with Crippen molar-refractivity contribution in [2.24, 2.45) is 0 Å². The number of fused-ring (bicyclic) bond motifs is 1. The van der Waals surface area contributed by atoms with Crippen LogP contribution in [-0.4, -0.2) is 33.2 Å². The molecule has 2 N–H and O–H groups in total. The zero-order valence-electron chi connectivity index (χ0n) is 14.4. The molecule has 0 fully saturated rings. The predicted molar refractivity (Wildman–Crippen MR) is 104 cm³/mol. The van der Waals surface area contributed by atoms with Gasteiger partial charge < -0.3 is 14.9 Å².